The summed E-state index contributed by atoms with van der Waals surface area (Å²) >= 11 is 5.90. The van der Waals surface area contributed by atoms with E-state index in [4.69, 9.17) is 16.3 Å². The molecule has 2 aromatic carbocycles. The van der Waals surface area contributed by atoms with Gasteiger partial charge in [0.1, 0.15) is 10.6 Å². The van der Waals surface area contributed by atoms with Crippen molar-refractivity contribution in [3.05, 3.63) is 58.6 Å². The van der Waals surface area contributed by atoms with Crippen molar-refractivity contribution in [2.75, 3.05) is 20.7 Å². The normalized spacial score (nSPS) is 11.8. The minimum absolute atomic E-state index is 0.0937. The monoisotopic (exact) mass is 479 g/mol. The predicted octanol–water partition coefficient (Wildman–Crippen LogP) is 2.45. The largest absolute Gasteiger partial charge is 0.484 e. The lowest BCUT2D eigenvalue weighted by Crippen LogP contribution is -2.43. The zero-order chi connectivity index (χ0) is 23.4. The zero-order valence-corrected chi connectivity index (χ0v) is 17.7. The number of amides is 2. The number of nitrogens with zero attached hydrogens (tertiary/aromatic N) is 1. The Bertz CT molecular complexity index is 1090. The maximum atomic E-state index is 12.7. The number of carbonyl (C=O) groups excluding carboxylic acids is 2. The maximum absolute atomic E-state index is 12.7. The molecule has 168 valence electrons. The van der Waals surface area contributed by atoms with Gasteiger partial charge in [0.15, 0.2) is 6.61 Å². The van der Waals surface area contributed by atoms with E-state index in [1.165, 1.54) is 32.3 Å². The Morgan fingerprint density at radius 2 is 1.77 bits per heavy atom. The number of carbonyl (C=O) groups is 2. The second-order valence-electron chi connectivity index (χ2n) is 6.25. The van der Waals surface area contributed by atoms with E-state index in [-0.39, 0.29) is 21.2 Å². The third-order valence-corrected chi connectivity index (χ3v) is 6.10. The van der Waals surface area contributed by atoms with Gasteiger partial charge in [-0.3, -0.25) is 20.4 Å². The van der Waals surface area contributed by atoms with Crippen LogP contribution in [-0.4, -0.2) is 45.2 Å². The van der Waals surface area contributed by atoms with Crippen LogP contribution in [0.1, 0.15) is 15.9 Å². The van der Waals surface area contributed by atoms with E-state index in [1.54, 1.807) is 0 Å². The molecule has 2 rings (SSSR count). The van der Waals surface area contributed by atoms with Crippen LogP contribution in [0.15, 0.2) is 47.4 Å². The first-order valence-electron chi connectivity index (χ1n) is 8.43. The molecule has 0 spiro atoms. The van der Waals surface area contributed by atoms with Crippen LogP contribution in [0.25, 0.3) is 0 Å². The molecule has 0 unspecified atom stereocenters. The highest BCUT2D eigenvalue weighted by atomic mass is 35.5. The van der Waals surface area contributed by atoms with Gasteiger partial charge < -0.3 is 4.74 Å². The summed E-state index contributed by atoms with van der Waals surface area (Å²) in [5.41, 5.74) is 3.01. The van der Waals surface area contributed by atoms with Gasteiger partial charge in [0, 0.05) is 19.7 Å². The number of benzene rings is 2. The number of hydrogen-bond acceptors (Lipinski definition) is 5. The van der Waals surface area contributed by atoms with Crippen LogP contribution in [0.3, 0.4) is 0 Å². The first-order chi connectivity index (χ1) is 14.3. The third kappa shape index (κ3) is 6.32. The van der Waals surface area contributed by atoms with Crippen LogP contribution < -0.4 is 15.6 Å². The van der Waals surface area contributed by atoms with Crippen LogP contribution in [0.5, 0.6) is 5.75 Å². The van der Waals surface area contributed by atoms with E-state index in [9.17, 15) is 31.2 Å². The van der Waals surface area contributed by atoms with Crippen molar-refractivity contribution in [1.29, 1.82) is 0 Å². The van der Waals surface area contributed by atoms with Gasteiger partial charge in [0.25, 0.3) is 11.8 Å². The van der Waals surface area contributed by atoms with Gasteiger partial charge in [-0.25, -0.2) is 12.7 Å². The second-order valence-corrected chi connectivity index (χ2v) is 8.78. The molecule has 13 heteroatoms. The van der Waals surface area contributed by atoms with E-state index >= 15 is 0 Å². The van der Waals surface area contributed by atoms with Crippen molar-refractivity contribution in [2.24, 2.45) is 0 Å². The van der Waals surface area contributed by atoms with Gasteiger partial charge in [-0.15, -0.1) is 0 Å². The zero-order valence-electron chi connectivity index (χ0n) is 16.2. The topological polar surface area (TPSA) is 105 Å². The molecule has 0 saturated carbocycles. The number of alkyl halides is 3. The Labute approximate surface area is 181 Å². The maximum Gasteiger partial charge on any atom is 0.416 e. The average molecular weight is 480 g/mol. The molecule has 2 N–H and O–H groups in total. The van der Waals surface area contributed by atoms with Crippen LogP contribution in [0.2, 0.25) is 5.02 Å². The van der Waals surface area contributed by atoms with Crippen molar-refractivity contribution in [3.8, 4) is 5.75 Å². The van der Waals surface area contributed by atoms with Gasteiger partial charge in [-0.05, 0) is 36.4 Å². The summed E-state index contributed by atoms with van der Waals surface area (Å²) in [4.78, 5) is 23.7. The predicted molar refractivity (Wildman–Crippen MR) is 105 cm³/mol. The number of hydrazine groups is 1. The van der Waals surface area contributed by atoms with Gasteiger partial charge >= 0.3 is 6.18 Å². The summed E-state index contributed by atoms with van der Waals surface area (Å²) in [5.74, 6) is -1.90. The molecule has 31 heavy (non-hydrogen) atoms. The molecule has 0 fully saturated rings. The lowest BCUT2D eigenvalue weighted by Gasteiger charge is -2.14. The Morgan fingerprint density at radius 1 is 1.10 bits per heavy atom. The van der Waals surface area contributed by atoms with Crippen LogP contribution in [-0.2, 0) is 21.0 Å². The molecule has 0 aliphatic rings. The molecule has 0 aromatic heterocycles. The highest BCUT2D eigenvalue weighted by Crippen LogP contribution is 2.31. The minimum Gasteiger partial charge on any atom is -0.484 e. The van der Waals surface area contributed by atoms with E-state index in [2.05, 4.69) is 0 Å². The molecule has 0 atom stereocenters. The summed E-state index contributed by atoms with van der Waals surface area (Å²) in [6.07, 6.45) is -4.56. The molecule has 0 aliphatic heterocycles. The van der Waals surface area contributed by atoms with Crippen LogP contribution in [0.4, 0.5) is 13.2 Å². The summed E-state index contributed by atoms with van der Waals surface area (Å²) in [6, 6.07) is 7.44. The standard InChI is InChI=1S/C18H17ClF3N3O5S/c1-25(2)31(28,29)15-8-11(6-7-14(15)19)17(27)24-23-16(26)10-30-13-5-3-4-12(9-13)18(20,21)22/h3-9H,10H2,1-2H3,(H,23,26)(H,24,27). The van der Waals surface area contributed by atoms with Crippen molar-refractivity contribution in [3.63, 3.8) is 0 Å². The Kier molecular flexibility index (Phi) is 7.52. The van der Waals surface area contributed by atoms with E-state index in [0.29, 0.717) is 0 Å². The van der Waals surface area contributed by atoms with Gasteiger partial charge in [0.2, 0.25) is 10.0 Å². The lowest BCUT2D eigenvalue weighted by atomic mass is 10.2. The highest BCUT2D eigenvalue weighted by Gasteiger charge is 2.30. The molecular formula is C18H17ClF3N3O5S. The molecule has 2 amide bonds. The van der Waals surface area contributed by atoms with E-state index in [1.807, 2.05) is 10.9 Å². The summed E-state index contributed by atoms with van der Waals surface area (Å²) < 4.78 is 68.4. The van der Waals surface area contributed by atoms with Crippen LogP contribution in [0, 0.1) is 0 Å². The molecular weight excluding hydrogens is 463 g/mol. The molecule has 0 heterocycles. The van der Waals surface area contributed by atoms with Crippen LogP contribution >= 0.6 is 11.6 Å². The number of ether oxygens (including phenoxy) is 1. The molecule has 0 aliphatic carbocycles. The van der Waals surface area contributed by atoms with E-state index < -0.39 is 40.2 Å². The number of hydrogen-bond donors (Lipinski definition) is 2. The first-order valence-corrected chi connectivity index (χ1v) is 10.3. The van der Waals surface area contributed by atoms with Crippen molar-refractivity contribution >= 4 is 33.4 Å². The molecule has 2 aromatic rings. The quantitative estimate of drug-likeness (QED) is 0.619. The lowest BCUT2D eigenvalue weighted by molar-refractivity contribution is -0.137. The molecule has 0 radical (unpaired) electrons. The van der Waals surface area contributed by atoms with Crippen molar-refractivity contribution in [1.82, 2.24) is 15.2 Å². The second kappa shape index (κ2) is 9.54. The summed E-state index contributed by atoms with van der Waals surface area (Å²) in [5, 5.41) is -0.0937. The van der Waals surface area contributed by atoms with E-state index in [0.717, 1.165) is 28.6 Å². The first kappa shape index (κ1) is 24.4. The Hall–Kier alpha value is -2.83. The van der Waals surface area contributed by atoms with Gasteiger partial charge in [-0.1, -0.05) is 17.7 Å². The molecule has 0 saturated heterocycles. The Balaban J connectivity index is 1.98. The fourth-order valence-corrected chi connectivity index (χ4v) is 3.58. The average Bonchev–Trinajstić information content (AvgIpc) is 2.70. The smallest absolute Gasteiger partial charge is 0.416 e. The number of rotatable bonds is 6. The van der Waals surface area contributed by atoms with Gasteiger partial charge in [-0.2, -0.15) is 13.2 Å². The van der Waals surface area contributed by atoms with Gasteiger partial charge in [0.05, 0.1) is 10.6 Å². The summed E-state index contributed by atoms with van der Waals surface area (Å²) in [7, 11) is -1.32. The van der Waals surface area contributed by atoms with Crippen molar-refractivity contribution < 1.29 is 35.9 Å². The number of halogens is 4. The molecule has 8 nitrogen and oxygen atoms in total. The third-order valence-electron chi connectivity index (χ3n) is 3.80. The number of sulfonamides is 1. The fraction of sp³-hybridized carbons (Fsp3) is 0.222. The highest BCUT2D eigenvalue weighted by molar-refractivity contribution is 7.89. The summed E-state index contributed by atoms with van der Waals surface area (Å²) in [6.45, 7) is -0.678. The van der Waals surface area contributed by atoms with Crippen molar-refractivity contribution in [2.45, 2.75) is 11.1 Å². The molecule has 0 bridgehead atoms. The SMILES string of the molecule is CN(C)S(=O)(=O)c1cc(C(=O)NNC(=O)COc2cccc(C(F)(F)F)c2)ccc1Cl. The number of nitrogens with one attached hydrogen (secondary N) is 2. The minimum atomic E-state index is -4.56. The fourth-order valence-electron chi connectivity index (χ4n) is 2.18. The Morgan fingerprint density at radius 3 is 2.39 bits per heavy atom.